The molecule has 1 saturated heterocycles. The van der Waals surface area contributed by atoms with Gasteiger partial charge in [-0.05, 0) is 18.8 Å². The molecule has 0 spiro atoms. The topological polar surface area (TPSA) is 66.2 Å². The number of piperidine rings is 1. The minimum Gasteiger partial charge on any atom is -0.351 e. The van der Waals surface area contributed by atoms with Gasteiger partial charge >= 0.3 is 6.03 Å². The zero-order valence-corrected chi connectivity index (χ0v) is 6.45. The molecule has 11 heavy (non-hydrogen) atoms. The molecule has 1 radical (unpaired) electrons. The second-order valence-electron chi connectivity index (χ2n) is 2.94. The van der Waals surface area contributed by atoms with Crippen molar-refractivity contribution >= 4 is 6.03 Å². The molecule has 4 nitrogen and oxygen atoms in total. The summed E-state index contributed by atoms with van der Waals surface area (Å²) in [5.41, 5.74) is 5.06. The number of primary amides is 1. The predicted octanol–water partition coefficient (Wildman–Crippen LogP) is 0.208. The van der Waals surface area contributed by atoms with Crippen molar-refractivity contribution in [3.05, 3.63) is 0 Å². The molecule has 1 aliphatic rings. The Morgan fingerprint density at radius 1 is 1.45 bits per heavy atom. The average Bonchev–Trinajstić information content (AvgIpc) is 2.05. The van der Waals surface area contributed by atoms with E-state index in [-0.39, 0.29) is 18.6 Å². The molecule has 1 rings (SSSR count). The Labute approximate surface area is 66.0 Å². The van der Waals surface area contributed by atoms with Crippen LogP contribution in [0.3, 0.4) is 0 Å². The van der Waals surface area contributed by atoms with Crippen LogP contribution in [-0.4, -0.2) is 30.6 Å². The third kappa shape index (κ3) is 2.08. The SMILES string of the molecule is NC(=O)N1CCC(C[O])CC1. The van der Waals surface area contributed by atoms with Crippen LogP contribution in [0.25, 0.3) is 0 Å². The molecule has 0 bridgehead atoms. The summed E-state index contributed by atoms with van der Waals surface area (Å²) < 4.78 is 0. The van der Waals surface area contributed by atoms with Crippen LogP contribution in [0.1, 0.15) is 12.8 Å². The first-order chi connectivity index (χ1) is 5.24. The summed E-state index contributed by atoms with van der Waals surface area (Å²) >= 11 is 0. The van der Waals surface area contributed by atoms with E-state index in [2.05, 4.69) is 0 Å². The van der Waals surface area contributed by atoms with Crippen molar-refractivity contribution in [3.63, 3.8) is 0 Å². The van der Waals surface area contributed by atoms with Gasteiger partial charge in [0.2, 0.25) is 0 Å². The largest absolute Gasteiger partial charge is 0.351 e. The fourth-order valence-electron chi connectivity index (χ4n) is 1.32. The number of likely N-dealkylation sites (tertiary alicyclic amines) is 1. The molecule has 2 N–H and O–H groups in total. The first-order valence-electron chi connectivity index (χ1n) is 3.86. The zero-order chi connectivity index (χ0) is 8.27. The van der Waals surface area contributed by atoms with E-state index in [1.807, 2.05) is 0 Å². The van der Waals surface area contributed by atoms with Crippen molar-refractivity contribution in [2.75, 3.05) is 19.7 Å². The molecule has 2 amide bonds. The van der Waals surface area contributed by atoms with E-state index >= 15 is 0 Å². The molecule has 0 atom stereocenters. The highest BCUT2D eigenvalue weighted by Crippen LogP contribution is 2.15. The van der Waals surface area contributed by atoms with E-state index in [0.717, 1.165) is 12.8 Å². The number of carbonyl (C=O) groups is 1. The number of urea groups is 1. The minimum atomic E-state index is -0.366. The minimum absolute atomic E-state index is 0.0212. The highest BCUT2D eigenvalue weighted by atomic mass is 16.3. The van der Waals surface area contributed by atoms with Crippen molar-refractivity contribution in [3.8, 4) is 0 Å². The van der Waals surface area contributed by atoms with E-state index in [4.69, 9.17) is 5.73 Å². The van der Waals surface area contributed by atoms with Crippen LogP contribution in [0.5, 0.6) is 0 Å². The lowest BCUT2D eigenvalue weighted by Gasteiger charge is -2.29. The molecule has 0 aromatic heterocycles. The van der Waals surface area contributed by atoms with Crippen molar-refractivity contribution < 1.29 is 9.90 Å². The maximum atomic E-state index is 10.6. The highest BCUT2D eigenvalue weighted by molar-refractivity contribution is 5.72. The van der Waals surface area contributed by atoms with E-state index < -0.39 is 0 Å². The number of nitrogens with two attached hydrogens (primary N) is 1. The van der Waals surface area contributed by atoms with Crippen molar-refractivity contribution in [1.29, 1.82) is 0 Å². The van der Waals surface area contributed by atoms with Gasteiger partial charge in [-0.25, -0.2) is 9.90 Å². The van der Waals surface area contributed by atoms with Gasteiger partial charge in [0.05, 0.1) is 6.61 Å². The van der Waals surface area contributed by atoms with E-state index in [0.29, 0.717) is 13.1 Å². The average molecular weight is 157 g/mol. The number of hydrogen-bond acceptors (Lipinski definition) is 1. The predicted molar refractivity (Wildman–Crippen MR) is 39.4 cm³/mol. The molecule has 1 fully saturated rings. The van der Waals surface area contributed by atoms with E-state index in [9.17, 15) is 9.90 Å². The third-order valence-corrected chi connectivity index (χ3v) is 2.16. The smallest absolute Gasteiger partial charge is 0.314 e. The van der Waals surface area contributed by atoms with Crippen LogP contribution >= 0.6 is 0 Å². The molecular weight excluding hydrogens is 144 g/mol. The van der Waals surface area contributed by atoms with Crippen LogP contribution < -0.4 is 5.73 Å². The van der Waals surface area contributed by atoms with Crippen molar-refractivity contribution in [1.82, 2.24) is 4.90 Å². The molecular formula is C7H13N2O2. The van der Waals surface area contributed by atoms with E-state index in [1.54, 1.807) is 4.90 Å². The summed E-state index contributed by atoms with van der Waals surface area (Å²) in [6, 6.07) is -0.366. The van der Waals surface area contributed by atoms with Crippen molar-refractivity contribution in [2.24, 2.45) is 11.7 Å². The fraction of sp³-hybridized carbons (Fsp3) is 0.857. The van der Waals surface area contributed by atoms with Crippen molar-refractivity contribution in [2.45, 2.75) is 12.8 Å². The number of rotatable bonds is 1. The Morgan fingerprint density at radius 2 is 2.00 bits per heavy atom. The maximum absolute atomic E-state index is 10.6. The Balaban J connectivity index is 2.30. The summed E-state index contributed by atoms with van der Waals surface area (Å²) in [7, 11) is 0. The fourth-order valence-corrected chi connectivity index (χ4v) is 1.32. The van der Waals surface area contributed by atoms with Gasteiger partial charge in [0.1, 0.15) is 0 Å². The quantitative estimate of drug-likeness (QED) is 0.580. The van der Waals surface area contributed by atoms with Crippen LogP contribution in [-0.2, 0) is 5.11 Å². The van der Waals surface area contributed by atoms with Gasteiger partial charge in [-0.15, -0.1) is 0 Å². The lowest BCUT2D eigenvalue weighted by atomic mass is 9.98. The molecule has 0 saturated carbocycles. The molecule has 1 aliphatic heterocycles. The van der Waals surface area contributed by atoms with Crippen LogP contribution in [0.15, 0.2) is 0 Å². The van der Waals surface area contributed by atoms with Gasteiger partial charge in [0.15, 0.2) is 0 Å². The Bertz CT molecular complexity index is 141. The van der Waals surface area contributed by atoms with Crippen LogP contribution in [0, 0.1) is 5.92 Å². The molecule has 0 aromatic rings. The molecule has 0 aromatic carbocycles. The number of nitrogens with zero attached hydrogens (tertiary/aromatic N) is 1. The first-order valence-corrected chi connectivity index (χ1v) is 3.86. The second kappa shape index (κ2) is 3.57. The van der Waals surface area contributed by atoms with Gasteiger partial charge in [-0.3, -0.25) is 0 Å². The molecule has 0 aliphatic carbocycles. The van der Waals surface area contributed by atoms with Crippen LogP contribution in [0.2, 0.25) is 0 Å². The van der Waals surface area contributed by atoms with Gasteiger partial charge in [-0.2, -0.15) is 0 Å². The Hall–Kier alpha value is -0.770. The summed E-state index contributed by atoms with van der Waals surface area (Å²) in [5.74, 6) is 0.255. The second-order valence-corrected chi connectivity index (χ2v) is 2.94. The lowest BCUT2D eigenvalue weighted by molar-refractivity contribution is 0.101. The standard InChI is InChI=1S/C7H13N2O2/c8-7(11)9-3-1-6(5-10)2-4-9/h6H,1-5H2,(H2,8,11). The summed E-state index contributed by atoms with van der Waals surface area (Å²) in [6.45, 7) is 1.29. The first kappa shape index (κ1) is 8.33. The Kier molecular flexibility index (Phi) is 2.70. The molecule has 0 unspecified atom stereocenters. The number of hydrogen-bond donors (Lipinski definition) is 1. The van der Waals surface area contributed by atoms with Gasteiger partial charge in [0, 0.05) is 13.1 Å². The third-order valence-electron chi connectivity index (χ3n) is 2.16. The Morgan fingerprint density at radius 3 is 2.36 bits per heavy atom. The van der Waals surface area contributed by atoms with Gasteiger partial charge < -0.3 is 10.6 Å². The molecule has 4 heteroatoms. The van der Waals surface area contributed by atoms with Gasteiger partial charge in [0.25, 0.3) is 0 Å². The molecule has 1 heterocycles. The van der Waals surface area contributed by atoms with Gasteiger partial charge in [-0.1, -0.05) is 0 Å². The monoisotopic (exact) mass is 157 g/mol. The summed E-state index contributed by atoms with van der Waals surface area (Å²) in [4.78, 5) is 12.2. The lowest BCUT2D eigenvalue weighted by Crippen LogP contribution is -2.42. The van der Waals surface area contributed by atoms with E-state index in [1.165, 1.54) is 0 Å². The molecule has 63 valence electrons. The summed E-state index contributed by atoms with van der Waals surface area (Å²) in [5, 5.41) is 10.4. The zero-order valence-electron chi connectivity index (χ0n) is 6.45. The maximum Gasteiger partial charge on any atom is 0.314 e. The number of carbonyl (C=O) groups excluding carboxylic acids is 1. The van der Waals surface area contributed by atoms with Crippen LogP contribution in [0.4, 0.5) is 4.79 Å². The highest BCUT2D eigenvalue weighted by Gasteiger charge is 2.20. The normalized spacial score (nSPS) is 20.3. The number of amides is 2. The summed E-state index contributed by atoms with van der Waals surface area (Å²) in [6.07, 6.45) is 1.62.